The van der Waals surface area contributed by atoms with Gasteiger partial charge in [-0.1, -0.05) is 50.6 Å². The number of nitrogens with zero attached hydrogens (tertiary/aromatic N) is 2. The summed E-state index contributed by atoms with van der Waals surface area (Å²) in [6.45, 7) is 3.43. The molecule has 2 aromatic rings. The van der Waals surface area contributed by atoms with Crippen LogP contribution in [0.5, 0.6) is 0 Å². The van der Waals surface area contributed by atoms with Gasteiger partial charge in [0.25, 0.3) is 5.91 Å². The minimum Gasteiger partial charge on any atom is -0.364 e. The molecule has 1 fully saturated rings. The molecule has 0 aliphatic carbocycles. The molecule has 2 aromatic carbocycles. The van der Waals surface area contributed by atoms with Crippen molar-refractivity contribution in [2.45, 2.75) is 82.7 Å². The maximum atomic E-state index is 13.7. The first-order valence-electron chi connectivity index (χ1n) is 13.5. The molecular weight excluding hydrogens is 548 g/mol. The Hall–Kier alpha value is -3.39. The second-order valence-corrected chi connectivity index (χ2v) is 11.1. The Morgan fingerprint density at radius 2 is 1.56 bits per heavy atom. The molecule has 5 nitrogen and oxygen atoms in total. The number of alkyl halides is 6. The maximum absolute atomic E-state index is 13.7. The number of amides is 2. The van der Waals surface area contributed by atoms with Crippen molar-refractivity contribution in [2.75, 3.05) is 6.54 Å². The molecule has 0 aromatic heterocycles. The molecule has 0 radical (unpaired) electrons. The predicted molar refractivity (Wildman–Crippen MR) is 140 cm³/mol. The summed E-state index contributed by atoms with van der Waals surface area (Å²) in [5, 5.41) is 10.1. The number of unbranched alkanes of at least 4 members (excludes halogenated alkanes) is 1. The zero-order chi connectivity index (χ0) is 30.6. The average Bonchev–Trinajstić information content (AvgIpc) is 3.33. The number of halogens is 6. The molecule has 1 unspecified atom stereocenters. The van der Waals surface area contributed by atoms with Crippen LogP contribution in [0.15, 0.2) is 48.5 Å². The van der Waals surface area contributed by atoms with Gasteiger partial charge in [0, 0.05) is 18.4 Å². The van der Waals surface area contributed by atoms with E-state index in [2.05, 4.69) is 6.07 Å². The molecular formula is C30H34F6N3O2+. The first kappa shape index (κ1) is 32.1. The van der Waals surface area contributed by atoms with Crippen LogP contribution < -0.4 is 5.73 Å². The third-order valence-electron chi connectivity index (χ3n) is 8.25. The average molecular weight is 583 g/mol. The van der Waals surface area contributed by atoms with Gasteiger partial charge in [0.1, 0.15) is 6.54 Å². The molecule has 1 aliphatic heterocycles. The van der Waals surface area contributed by atoms with E-state index in [0.717, 1.165) is 5.56 Å². The smallest absolute Gasteiger partial charge is 0.364 e. The lowest BCUT2D eigenvalue weighted by Crippen LogP contribution is -2.59. The number of rotatable bonds is 10. The Morgan fingerprint density at radius 1 is 0.976 bits per heavy atom. The number of primary amides is 1. The summed E-state index contributed by atoms with van der Waals surface area (Å²) in [5.74, 6) is -1.33. The first-order chi connectivity index (χ1) is 19.1. The highest BCUT2D eigenvalue weighted by Gasteiger charge is 2.51. The number of hydrogen-bond donors (Lipinski definition) is 1. The van der Waals surface area contributed by atoms with Crippen molar-refractivity contribution in [3.8, 4) is 6.07 Å². The number of hydrogen-bond acceptors (Lipinski definition) is 3. The Balaban J connectivity index is 1.88. The van der Waals surface area contributed by atoms with Crippen LogP contribution in [-0.2, 0) is 33.9 Å². The van der Waals surface area contributed by atoms with Crippen LogP contribution in [0.4, 0.5) is 26.3 Å². The number of benzene rings is 2. The van der Waals surface area contributed by atoms with E-state index in [-0.39, 0.29) is 36.9 Å². The highest BCUT2D eigenvalue weighted by atomic mass is 19.4. The second-order valence-electron chi connectivity index (χ2n) is 11.1. The molecule has 3 rings (SSSR count). The van der Waals surface area contributed by atoms with Gasteiger partial charge < -0.3 is 5.73 Å². The topological polar surface area (TPSA) is 83.9 Å². The SMILES string of the molecule is CC(C)[C@@](C#N)(CCCCC(=O)[N@@+]1(Cc2cc(C(F)(F)F)cc(C(F)(F)F)c2)CCCC1C(N)=O)c1ccccc1. The number of carbonyl (C=O) groups excluding carboxylic acids is 2. The van der Waals surface area contributed by atoms with Gasteiger partial charge in [0.05, 0.1) is 35.6 Å². The fourth-order valence-electron chi connectivity index (χ4n) is 6.02. The van der Waals surface area contributed by atoms with Crippen molar-refractivity contribution in [2.24, 2.45) is 11.7 Å². The van der Waals surface area contributed by atoms with Gasteiger partial charge in [-0.05, 0) is 42.5 Å². The van der Waals surface area contributed by atoms with E-state index in [0.29, 0.717) is 37.8 Å². The molecule has 0 saturated carbocycles. The molecule has 11 heteroatoms. The standard InChI is InChI=1S/C30H33F6N3O2/c1-20(2)28(19-37,22-9-4-3-5-10-22)13-7-6-12-26(40)39(14-8-11-25(39)27(38)41)18-21-15-23(29(31,32)33)17-24(16-21)30(34,35)36/h3-5,9-10,15-17,20,25H,6-8,11-14,18H2,1-2H3,(H-,38,41)/p+1/t25?,28-,39+/m0/s1. The van der Waals surface area contributed by atoms with Crippen molar-refractivity contribution < 1.29 is 40.4 Å². The van der Waals surface area contributed by atoms with Crippen LogP contribution >= 0.6 is 0 Å². The van der Waals surface area contributed by atoms with Gasteiger partial charge in [-0.2, -0.15) is 31.6 Å². The number of likely N-dealkylation sites (tertiary alicyclic amines) is 1. The number of nitrogens with two attached hydrogens (primary N) is 1. The van der Waals surface area contributed by atoms with Gasteiger partial charge in [-0.3, -0.25) is 4.79 Å². The lowest BCUT2D eigenvalue weighted by molar-refractivity contribution is -0.871. The summed E-state index contributed by atoms with van der Waals surface area (Å²) in [7, 11) is 0. The van der Waals surface area contributed by atoms with E-state index >= 15 is 0 Å². The molecule has 1 aliphatic rings. The molecule has 2 amide bonds. The fourth-order valence-corrected chi connectivity index (χ4v) is 6.02. The molecule has 2 N–H and O–H groups in total. The molecule has 1 heterocycles. The lowest BCUT2D eigenvalue weighted by Gasteiger charge is -2.36. The molecule has 0 bridgehead atoms. The predicted octanol–water partition coefficient (Wildman–Crippen LogP) is 6.89. The molecule has 1 saturated heterocycles. The number of quaternary nitrogens is 1. The monoisotopic (exact) mass is 582 g/mol. The number of nitriles is 1. The summed E-state index contributed by atoms with van der Waals surface area (Å²) in [6.07, 6.45) is -8.35. The van der Waals surface area contributed by atoms with Crippen LogP contribution in [0.25, 0.3) is 0 Å². The number of carbonyl (C=O) groups is 2. The molecule has 0 spiro atoms. The lowest BCUT2D eigenvalue weighted by atomic mass is 9.69. The highest BCUT2D eigenvalue weighted by molar-refractivity contribution is 5.82. The zero-order valence-corrected chi connectivity index (χ0v) is 23.0. The third kappa shape index (κ3) is 6.92. The second kappa shape index (κ2) is 12.2. The van der Waals surface area contributed by atoms with Crippen molar-refractivity contribution in [1.82, 2.24) is 0 Å². The Bertz CT molecular complexity index is 1250. The Morgan fingerprint density at radius 3 is 2.05 bits per heavy atom. The van der Waals surface area contributed by atoms with Gasteiger partial charge >= 0.3 is 18.3 Å². The van der Waals surface area contributed by atoms with Gasteiger partial charge in [-0.25, -0.2) is 9.28 Å². The highest BCUT2D eigenvalue weighted by Crippen LogP contribution is 2.40. The van der Waals surface area contributed by atoms with Crippen molar-refractivity contribution in [1.29, 1.82) is 5.26 Å². The van der Waals surface area contributed by atoms with Crippen LogP contribution in [-0.4, -0.2) is 28.9 Å². The summed E-state index contributed by atoms with van der Waals surface area (Å²) in [4.78, 5) is 26.1. The quantitative estimate of drug-likeness (QED) is 0.188. The minimum absolute atomic E-state index is 0.0358. The van der Waals surface area contributed by atoms with E-state index in [4.69, 9.17) is 5.73 Å². The molecule has 222 valence electrons. The van der Waals surface area contributed by atoms with E-state index in [1.807, 2.05) is 44.2 Å². The third-order valence-corrected chi connectivity index (χ3v) is 8.25. The zero-order valence-electron chi connectivity index (χ0n) is 23.0. The van der Waals surface area contributed by atoms with Crippen LogP contribution in [0.2, 0.25) is 0 Å². The van der Waals surface area contributed by atoms with Gasteiger partial charge in [0.15, 0.2) is 6.04 Å². The molecule has 3 atom stereocenters. The van der Waals surface area contributed by atoms with Crippen LogP contribution in [0.3, 0.4) is 0 Å². The maximum Gasteiger partial charge on any atom is 0.416 e. The van der Waals surface area contributed by atoms with Crippen molar-refractivity contribution in [3.05, 3.63) is 70.8 Å². The summed E-state index contributed by atoms with van der Waals surface area (Å²) in [5.41, 5.74) is 2.33. The first-order valence-corrected chi connectivity index (χ1v) is 13.5. The largest absolute Gasteiger partial charge is 0.416 e. The van der Waals surface area contributed by atoms with E-state index in [1.54, 1.807) is 0 Å². The Kier molecular flexibility index (Phi) is 9.58. The molecule has 41 heavy (non-hydrogen) atoms. The van der Waals surface area contributed by atoms with E-state index in [1.165, 1.54) is 0 Å². The van der Waals surface area contributed by atoms with Gasteiger partial charge in [0.2, 0.25) is 0 Å². The van der Waals surface area contributed by atoms with Crippen LogP contribution in [0, 0.1) is 17.2 Å². The van der Waals surface area contributed by atoms with Gasteiger partial charge in [-0.15, -0.1) is 0 Å². The Labute approximate surface area is 235 Å². The normalized spacial score (nSPS) is 20.9. The van der Waals surface area contributed by atoms with Crippen LogP contribution in [0.1, 0.15) is 74.6 Å². The van der Waals surface area contributed by atoms with Crippen molar-refractivity contribution >= 4 is 11.8 Å². The fraction of sp³-hybridized carbons (Fsp3) is 0.500. The summed E-state index contributed by atoms with van der Waals surface area (Å²) in [6, 6.07) is 11.9. The van der Waals surface area contributed by atoms with E-state index < -0.39 is 57.8 Å². The minimum atomic E-state index is -5.04. The van der Waals surface area contributed by atoms with E-state index in [9.17, 15) is 41.2 Å². The van der Waals surface area contributed by atoms with Crippen molar-refractivity contribution in [3.63, 3.8) is 0 Å². The summed E-state index contributed by atoms with van der Waals surface area (Å²) >= 11 is 0. The summed E-state index contributed by atoms with van der Waals surface area (Å²) < 4.78 is 80.3.